The van der Waals surface area contributed by atoms with Crippen LogP contribution in [0.15, 0.2) is 0 Å². The van der Waals surface area contributed by atoms with Gasteiger partial charge in [0.1, 0.15) is 0 Å². The van der Waals surface area contributed by atoms with Gasteiger partial charge in [0.25, 0.3) is 0 Å². The van der Waals surface area contributed by atoms with E-state index in [4.69, 9.17) is 16.3 Å². The fourth-order valence-corrected chi connectivity index (χ4v) is 6.47. The second kappa shape index (κ2) is 8.62. The first kappa shape index (κ1) is 16.6. The molecule has 0 aromatic heterocycles. The maximum absolute atomic E-state index is 11.6. The predicted octanol–water partition coefficient (Wildman–Crippen LogP) is -0.322. The third-order valence-corrected chi connectivity index (χ3v) is 6.80. The Morgan fingerprint density at radius 3 is 2.50 bits per heavy atom. The van der Waals surface area contributed by atoms with Gasteiger partial charge >= 0.3 is 51.4 Å². The third kappa shape index (κ3) is 6.99. The topological polar surface area (TPSA) is 32.3 Å². The van der Waals surface area contributed by atoms with E-state index in [1.807, 2.05) is 6.92 Å². The van der Waals surface area contributed by atoms with Crippen molar-refractivity contribution < 1.29 is 60.8 Å². The summed E-state index contributed by atoms with van der Waals surface area (Å²) in [6, 6.07) is 0. The molecule has 0 spiro atoms. The van der Waals surface area contributed by atoms with E-state index in [0.29, 0.717) is 11.9 Å². The van der Waals surface area contributed by atoms with E-state index in [1.54, 1.807) is 0 Å². The van der Waals surface area contributed by atoms with Gasteiger partial charge in [-0.25, -0.2) is 0 Å². The molecule has 1 rings (SSSR count). The Bertz CT molecular complexity index is 198. The van der Waals surface area contributed by atoms with Crippen LogP contribution in [-0.4, -0.2) is 11.9 Å². The molecule has 1 saturated carbocycles. The van der Waals surface area contributed by atoms with Gasteiger partial charge in [-0.05, 0) is 19.8 Å². The molecule has 0 N–H and O–H groups in total. The minimum atomic E-state index is -2.76. The molecule has 0 aliphatic heterocycles. The van der Waals surface area contributed by atoms with Crippen molar-refractivity contribution in [3.05, 3.63) is 0 Å². The second-order valence-electron chi connectivity index (χ2n) is 3.23. The van der Waals surface area contributed by atoms with Gasteiger partial charge in [0.05, 0.1) is 0 Å². The molecular weight excluding hydrogens is 262 g/mol. The average molecular weight is 278 g/mol. The van der Waals surface area contributed by atoms with Crippen LogP contribution in [0, 0.1) is 0 Å². The van der Waals surface area contributed by atoms with E-state index in [9.17, 15) is 4.89 Å². The Morgan fingerprint density at radius 1 is 1.43 bits per heavy atom. The summed E-state index contributed by atoms with van der Waals surface area (Å²) in [5, 5.41) is 0.476. The van der Waals surface area contributed by atoms with Gasteiger partial charge in [-0.2, -0.15) is 0 Å². The zero-order chi connectivity index (χ0) is 9.73. The van der Waals surface area contributed by atoms with Crippen molar-refractivity contribution in [3.8, 4) is 0 Å². The molecule has 6 heteroatoms. The molecule has 2 nitrogen and oxygen atoms in total. The fraction of sp³-hybridized carbons (Fsp3) is 1.00. The zero-order valence-electron chi connectivity index (χ0n) is 8.90. The minimum absolute atomic E-state index is 0. The summed E-state index contributed by atoms with van der Waals surface area (Å²) in [5.41, 5.74) is -2.76. The van der Waals surface area contributed by atoms with Crippen molar-refractivity contribution >= 4 is 28.9 Å². The zero-order valence-corrected chi connectivity index (χ0v) is 14.6. The van der Waals surface area contributed by atoms with Gasteiger partial charge < -0.3 is 9.42 Å². The van der Waals surface area contributed by atoms with Gasteiger partial charge in [-0.3, -0.25) is 0 Å². The first-order valence-corrected chi connectivity index (χ1v) is 8.90. The van der Waals surface area contributed by atoms with Gasteiger partial charge in [0.2, 0.25) is 0 Å². The van der Waals surface area contributed by atoms with Gasteiger partial charge in [0, 0.05) is 17.6 Å². The van der Waals surface area contributed by atoms with E-state index in [2.05, 4.69) is 0 Å². The first-order valence-electron chi connectivity index (χ1n) is 4.78. The molecular formula is C8H16KO2PS2. The van der Waals surface area contributed by atoms with Crippen LogP contribution in [0.25, 0.3) is 0 Å². The largest absolute Gasteiger partial charge is 1.00 e. The Labute approximate surface area is 138 Å². The van der Waals surface area contributed by atoms with Crippen LogP contribution < -0.4 is 56.3 Å². The summed E-state index contributed by atoms with van der Waals surface area (Å²) < 4.78 is 5.07. The number of rotatable bonds is 4. The molecule has 0 radical (unpaired) electrons. The summed E-state index contributed by atoms with van der Waals surface area (Å²) in [6.45, 7) is 2.29. The molecule has 0 amide bonds. The van der Waals surface area contributed by atoms with Crippen LogP contribution in [0.2, 0.25) is 0 Å². The molecule has 1 aliphatic carbocycles. The van der Waals surface area contributed by atoms with E-state index in [1.165, 1.54) is 30.6 Å². The van der Waals surface area contributed by atoms with Gasteiger partial charge in [-0.15, -0.1) is 11.4 Å². The van der Waals surface area contributed by atoms with Gasteiger partial charge in [-0.1, -0.05) is 31.1 Å². The SMILES string of the molecule is CCOP([O-])(=S)SC1CCCCC1.[K+]. The first-order chi connectivity index (χ1) is 6.14. The summed E-state index contributed by atoms with van der Waals surface area (Å²) in [5.74, 6) is 0. The fourth-order valence-electron chi connectivity index (χ4n) is 1.54. The van der Waals surface area contributed by atoms with Crippen LogP contribution in [0.4, 0.5) is 0 Å². The second-order valence-corrected chi connectivity index (χ2v) is 9.47. The van der Waals surface area contributed by atoms with Crippen molar-refractivity contribution in [1.29, 1.82) is 0 Å². The summed E-state index contributed by atoms with van der Waals surface area (Å²) >= 11 is 6.32. The molecule has 1 unspecified atom stereocenters. The molecule has 1 fully saturated rings. The molecule has 0 bridgehead atoms. The summed E-state index contributed by atoms with van der Waals surface area (Å²) in [4.78, 5) is 11.6. The average Bonchev–Trinajstić information content (AvgIpc) is 2.04. The third-order valence-electron chi connectivity index (χ3n) is 2.12. The number of hydrogen-bond acceptors (Lipinski definition) is 4. The summed E-state index contributed by atoms with van der Waals surface area (Å²) in [6.07, 6.45) is 6.11. The van der Waals surface area contributed by atoms with Crippen molar-refractivity contribution in [1.82, 2.24) is 0 Å². The Balaban J connectivity index is 0.00000169. The van der Waals surface area contributed by atoms with E-state index >= 15 is 0 Å². The number of hydrogen-bond donors (Lipinski definition) is 0. The molecule has 0 aromatic rings. The molecule has 0 saturated heterocycles. The molecule has 0 aromatic carbocycles. The summed E-state index contributed by atoms with van der Waals surface area (Å²) in [7, 11) is 0. The van der Waals surface area contributed by atoms with Crippen molar-refractivity contribution in [2.24, 2.45) is 0 Å². The smallest absolute Gasteiger partial charge is 0.793 e. The van der Waals surface area contributed by atoms with E-state index in [-0.39, 0.29) is 51.4 Å². The van der Waals surface area contributed by atoms with Crippen molar-refractivity contribution in [2.75, 3.05) is 6.61 Å². The molecule has 0 heterocycles. The normalized spacial score (nSPS) is 22.4. The van der Waals surface area contributed by atoms with Crippen LogP contribution >= 0.6 is 17.1 Å². The molecule has 1 atom stereocenters. The van der Waals surface area contributed by atoms with E-state index < -0.39 is 5.69 Å². The molecule has 14 heavy (non-hydrogen) atoms. The Kier molecular flexibility index (Phi) is 10.2. The van der Waals surface area contributed by atoms with Crippen molar-refractivity contribution in [2.45, 2.75) is 44.3 Å². The van der Waals surface area contributed by atoms with Crippen LogP contribution in [-0.2, 0) is 16.3 Å². The van der Waals surface area contributed by atoms with Gasteiger partial charge in [0.15, 0.2) is 0 Å². The Hall–Kier alpha value is 2.56. The predicted molar refractivity (Wildman–Crippen MR) is 60.4 cm³/mol. The van der Waals surface area contributed by atoms with E-state index in [0.717, 1.165) is 12.8 Å². The van der Waals surface area contributed by atoms with Crippen LogP contribution in [0.1, 0.15) is 39.0 Å². The van der Waals surface area contributed by atoms with Crippen molar-refractivity contribution in [3.63, 3.8) is 0 Å². The Morgan fingerprint density at radius 2 is 2.00 bits per heavy atom. The van der Waals surface area contributed by atoms with Crippen LogP contribution in [0.3, 0.4) is 0 Å². The molecule has 78 valence electrons. The quantitative estimate of drug-likeness (QED) is 0.521. The maximum atomic E-state index is 11.6. The minimum Gasteiger partial charge on any atom is -0.793 e. The standard InChI is InChI=1S/C8H17O2PS2.K/c1-2-10-11(9,12)13-8-6-4-3-5-7-8;/h8H,2-7H2,1H3,(H,9,12);/q;+1/p-1. The molecule has 1 aliphatic rings. The van der Waals surface area contributed by atoms with Crippen LogP contribution in [0.5, 0.6) is 0 Å². The monoisotopic (exact) mass is 278 g/mol. The maximum Gasteiger partial charge on any atom is 1.00 e.